The van der Waals surface area contributed by atoms with Gasteiger partial charge in [0.05, 0.1) is 5.57 Å². The molecule has 4 N–H and O–H groups in total. The standard InChI is InChI=1S/C21H22N6O2/c1-12-17(19(22)29)18(14-5-4-6-16(28)11-14)27-21(23-12)24-20(25-27)13-7-9-15(10-8-13)26(2)3/h4-11,18,28H,1-3H3,(H2,22,29)(H,23,24,25). The molecule has 0 fully saturated rings. The molecule has 1 aliphatic rings. The Morgan fingerprint density at radius 2 is 1.93 bits per heavy atom. The fraction of sp³-hybridized carbons (Fsp3) is 0.190. The molecular formula is C21H22N6O2. The average molecular weight is 390 g/mol. The molecule has 1 aromatic heterocycles. The van der Waals surface area contributed by atoms with Crippen molar-refractivity contribution >= 4 is 17.5 Å². The Morgan fingerprint density at radius 3 is 2.55 bits per heavy atom. The SMILES string of the molecule is CC1=C(C(N)=O)C(c2cccc(O)c2)n2nc(-c3ccc(N(C)C)cc3)nc2N1. The maximum atomic E-state index is 12.2. The maximum Gasteiger partial charge on any atom is 0.248 e. The van der Waals surface area contributed by atoms with E-state index in [-0.39, 0.29) is 5.75 Å². The van der Waals surface area contributed by atoms with Crippen LogP contribution in [0.4, 0.5) is 11.6 Å². The van der Waals surface area contributed by atoms with Crippen molar-refractivity contribution in [3.05, 3.63) is 65.4 Å². The van der Waals surface area contributed by atoms with E-state index < -0.39 is 11.9 Å². The topological polar surface area (TPSA) is 109 Å². The summed E-state index contributed by atoms with van der Waals surface area (Å²) in [5.74, 6) is 0.582. The molecule has 148 valence electrons. The van der Waals surface area contributed by atoms with Crippen LogP contribution in [0.2, 0.25) is 0 Å². The maximum absolute atomic E-state index is 12.2. The van der Waals surface area contributed by atoms with Crippen molar-refractivity contribution in [3.8, 4) is 17.1 Å². The van der Waals surface area contributed by atoms with Gasteiger partial charge in [-0.25, -0.2) is 4.68 Å². The van der Waals surface area contributed by atoms with Gasteiger partial charge >= 0.3 is 0 Å². The van der Waals surface area contributed by atoms with E-state index in [1.54, 1.807) is 29.8 Å². The van der Waals surface area contributed by atoms with Crippen LogP contribution in [-0.2, 0) is 4.79 Å². The largest absolute Gasteiger partial charge is 0.508 e. The number of nitrogens with two attached hydrogens (primary N) is 1. The van der Waals surface area contributed by atoms with Crippen LogP contribution in [0.3, 0.4) is 0 Å². The Hall–Kier alpha value is -3.81. The molecule has 1 atom stereocenters. The third-order valence-electron chi connectivity index (χ3n) is 4.95. The molecule has 29 heavy (non-hydrogen) atoms. The number of carbonyl (C=O) groups is 1. The van der Waals surface area contributed by atoms with Crippen LogP contribution < -0.4 is 16.0 Å². The normalized spacial score (nSPS) is 15.6. The number of carbonyl (C=O) groups excluding carboxylic acids is 1. The predicted molar refractivity (Wildman–Crippen MR) is 112 cm³/mol. The monoisotopic (exact) mass is 390 g/mol. The summed E-state index contributed by atoms with van der Waals surface area (Å²) in [4.78, 5) is 18.8. The first-order chi connectivity index (χ1) is 13.8. The van der Waals surface area contributed by atoms with Crippen LogP contribution >= 0.6 is 0 Å². The van der Waals surface area contributed by atoms with E-state index in [0.717, 1.165) is 11.3 Å². The van der Waals surface area contributed by atoms with Crippen LogP contribution in [0.5, 0.6) is 5.75 Å². The van der Waals surface area contributed by atoms with Gasteiger partial charge in [0.1, 0.15) is 11.8 Å². The number of phenolic OH excluding ortho intramolecular Hbond substituents is 1. The molecule has 3 aromatic rings. The Labute approximate surface area is 168 Å². The summed E-state index contributed by atoms with van der Waals surface area (Å²) >= 11 is 0. The number of rotatable bonds is 4. The lowest BCUT2D eigenvalue weighted by Gasteiger charge is -2.27. The number of nitrogens with one attached hydrogen (secondary N) is 1. The third kappa shape index (κ3) is 3.29. The van der Waals surface area contributed by atoms with Crippen molar-refractivity contribution in [2.24, 2.45) is 5.73 Å². The number of nitrogens with zero attached hydrogens (tertiary/aromatic N) is 4. The number of amides is 1. The molecule has 8 heteroatoms. The van der Waals surface area contributed by atoms with Crippen molar-refractivity contribution in [1.29, 1.82) is 0 Å². The minimum atomic E-state index is -0.585. The zero-order chi connectivity index (χ0) is 20.7. The molecule has 2 heterocycles. The predicted octanol–water partition coefficient (Wildman–Crippen LogP) is 2.49. The number of phenols is 1. The summed E-state index contributed by atoms with van der Waals surface area (Å²) in [6.45, 7) is 1.78. The van der Waals surface area contributed by atoms with Gasteiger partial charge in [-0.2, -0.15) is 4.98 Å². The molecule has 0 saturated heterocycles. The minimum Gasteiger partial charge on any atom is -0.508 e. The summed E-state index contributed by atoms with van der Waals surface area (Å²) in [6, 6.07) is 14.0. The quantitative estimate of drug-likeness (QED) is 0.631. The second-order valence-corrected chi connectivity index (χ2v) is 7.17. The Morgan fingerprint density at radius 1 is 1.21 bits per heavy atom. The number of fused-ring (bicyclic) bond motifs is 1. The van der Waals surface area contributed by atoms with E-state index >= 15 is 0 Å². The van der Waals surface area contributed by atoms with E-state index in [1.807, 2.05) is 49.3 Å². The summed E-state index contributed by atoms with van der Waals surface area (Å²) in [6.07, 6.45) is 0. The molecule has 8 nitrogen and oxygen atoms in total. The van der Waals surface area contributed by atoms with Gasteiger partial charge in [0.25, 0.3) is 0 Å². The highest BCUT2D eigenvalue weighted by molar-refractivity contribution is 5.95. The second-order valence-electron chi connectivity index (χ2n) is 7.17. The van der Waals surface area contributed by atoms with E-state index in [1.165, 1.54) is 0 Å². The fourth-order valence-electron chi connectivity index (χ4n) is 3.50. The van der Waals surface area contributed by atoms with Gasteiger partial charge in [-0.1, -0.05) is 12.1 Å². The highest BCUT2D eigenvalue weighted by Crippen LogP contribution is 2.37. The van der Waals surface area contributed by atoms with Gasteiger partial charge in [-0.15, -0.1) is 5.10 Å². The van der Waals surface area contributed by atoms with Crippen molar-refractivity contribution < 1.29 is 9.90 Å². The van der Waals surface area contributed by atoms with Gasteiger partial charge in [-0.3, -0.25) is 4.79 Å². The lowest BCUT2D eigenvalue weighted by Crippen LogP contribution is -2.31. The second kappa shape index (κ2) is 6.97. The molecule has 0 bridgehead atoms. The molecule has 0 saturated carbocycles. The Bertz CT molecular complexity index is 1110. The minimum absolute atomic E-state index is 0.101. The van der Waals surface area contributed by atoms with Gasteiger partial charge in [0.2, 0.25) is 11.9 Å². The fourth-order valence-corrected chi connectivity index (χ4v) is 3.50. The molecule has 0 radical (unpaired) electrons. The summed E-state index contributed by atoms with van der Waals surface area (Å²) < 4.78 is 1.64. The number of benzene rings is 2. The Kier molecular flexibility index (Phi) is 4.46. The first-order valence-electron chi connectivity index (χ1n) is 9.16. The van der Waals surface area contributed by atoms with E-state index in [9.17, 15) is 9.90 Å². The van der Waals surface area contributed by atoms with Crippen LogP contribution in [0.1, 0.15) is 18.5 Å². The first kappa shape index (κ1) is 18.5. The molecule has 2 aromatic carbocycles. The molecule has 0 aliphatic carbocycles. The highest BCUT2D eigenvalue weighted by Gasteiger charge is 2.33. The summed E-state index contributed by atoms with van der Waals surface area (Å²) in [5, 5.41) is 17.7. The van der Waals surface area contributed by atoms with E-state index in [4.69, 9.17) is 5.73 Å². The summed E-state index contributed by atoms with van der Waals surface area (Å²) in [5.41, 5.74) is 9.29. The van der Waals surface area contributed by atoms with Gasteiger partial charge in [0.15, 0.2) is 5.82 Å². The number of primary amides is 1. The lowest BCUT2D eigenvalue weighted by molar-refractivity contribution is -0.115. The number of hydrogen-bond acceptors (Lipinski definition) is 6. The van der Waals surface area contributed by atoms with Crippen LogP contribution in [-0.4, -0.2) is 39.9 Å². The number of hydrogen-bond donors (Lipinski definition) is 3. The first-order valence-corrected chi connectivity index (χ1v) is 9.16. The van der Waals surface area contributed by atoms with Crippen molar-refractivity contribution in [2.45, 2.75) is 13.0 Å². The van der Waals surface area contributed by atoms with Gasteiger partial charge in [0, 0.05) is 31.0 Å². The van der Waals surface area contributed by atoms with Crippen LogP contribution in [0, 0.1) is 0 Å². The van der Waals surface area contributed by atoms with E-state index in [2.05, 4.69) is 15.4 Å². The van der Waals surface area contributed by atoms with Crippen LogP contribution in [0.15, 0.2) is 59.8 Å². The molecule has 1 aliphatic heterocycles. The molecule has 1 unspecified atom stereocenters. The molecule has 0 spiro atoms. The van der Waals surface area contributed by atoms with Crippen molar-refractivity contribution in [1.82, 2.24) is 14.8 Å². The molecular weight excluding hydrogens is 368 g/mol. The number of aromatic hydroxyl groups is 1. The lowest BCUT2D eigenvalue weighted by atomic mass is 9.95. The Balaban J connectivity index is 1.83. The third-order valence-corrected chi connectivity index (χ3v) is 4.95. The van der Waals surface area contributed by atoms with Crippen molar-refractivity contribution in [2.75, 3.05) is 24.3 Å². The summed E-state index contributed by atoms with van der Waals surface area (Å²) in [7, 11) is 3.96. The zero-order valence-electron chi connectivity index (χ0n) is 16.4. The zero-order valence-corrected chi connectivity index (χ0v) is 16.4. The highest BCUT2D eigenvalue weighted by atomic mass is 16.3. The van der Waals surface area contributed by atoms with E-state index in [0.29, 0.717) is 28.6 Å². The van der Waals surface area contributed by atoms with Gasteiger partial charge in [-0.05, 0) is 48.9 Å². The molecule has 1 amide bonds. The number of aromatic nitrogens is 3. The number of allylic oxidation sites excluding steroid dienone is 1. The number of anilines is 2. The van der Waals surface area contributed by atoms with Gasteiger partial charge < -0.3 is 21.1 Å². The van der Waals surface area contributed by atoms with Crippen LogP contribution in [0.25, 0.3) is 11.4 Å². The smallest absolute Gasteiger partial charge is 0.248 e. The average Bonchev–Trinajstić information content (AvgIpc) is 3.10. The molecule has 4 rings (SSSR count). The van der Waals surface area contributed by atoms with Crippen molar-refractivity contribution in [3.63, 3.8) is 0 Å².